The standard InChI is InChI=1S/C15H10ClF3N2O4S/c16-13-4-1-9(6-20-13)7-25-14(22)8-26-12-3-2-10(15(17,18)19)5-11(12)21(23)24/h1-6H,7-8H2. The molecule has 1 aromatic carbocycles. The summed E-state index contributed by atoms with van der Waals surface area (Å²) in [4.78, 5) is 25.5. The van der Waals surface area contributed by atoms with E-state index in [1.54, 1.807) is 6.07 Å². The lowest BCUT2D eigenvalue weighted by atomic mass is 10.2. The largest absolute Gasteiger partial charge is 0.460 e. The summed E-state index contributed by atoms with van der Waals surface area (Å²) in [6.07, 6.45) is -3.27. The summed E-state index contributed by atoms with van der Waals surface area (Å²) >= 11 is 6.34. The molecule has 0 aliphatic heterocycles. The Morgan fingerprint density at radius 3 is 2.62 bits per heavy atom. The van der Waals surface area contributed by atoms with Crippen LogP contribution in [0.25, 0.3) is 0 Å². The lowest BCUT2D eigenvalue weighted by molar-refractivity contribution is -0.388. The first kappa shape index (κ1) is 20.0. The van der Waals surface area contributed by atoms with Crippen LogP contribution in [0.1, 0.15) is 11.1 Å². The van der Waals surface area contributed by atoms with Gasteiger partial charge in [-0.3, -0.25) is 14.9 Å². The van der Waals surface area contributed by atoms with Crippen molar-refractivity contribution >= 4 is 35.0 Å². The number of alkyl halides is 3. The minimum absolute atomic E-state index is 0.0619. The second-order valence-electron chi connectivity index (χ2n) is 4.88. The number of esters is 1. The summed E-state index contributed by atoms with van der Waals surface area (Å²) in [6.45, 7) is -0.0708. The maximum Gasteiger partial charge on any atom is 0.416 e. The molecule has 11 heteroatoms. The maximum absolute atomic E-state index is 12.6. The molecule has 0 bridgehead atoms. The van der Waals surface area contributed by atoms with Crippen LogP contribution in [0.15, 0.2) is 41.4 Å². The highest BCUT2D eigenvalue weighted by molar-refractivity contribution is 8.00. The molecule has 0 fully saturated rings. The highest BCUT2D eigenvalue weighted by Crippen LogP contribution is 2.36. The first-order valence-electron chi connectivity index (χ1n) is 6.91. The number of rotatable bonds is 6. The van der Waals surface area contributed by atoms with Crippen molar-refractivity contribution in [3.8, 4) is 0 Å². The van der Waals surface area contributed by atoms with Crippen molar-refractivity contribution in [2.24, 2.45) is 0 Å². The minimum Gasteiger partial charge on any atom is -0.460 e. The molecule has 138 valence electrons. The lowest BCUT2D eigenvalue weighted by Crippen LogP contribution is -2.08. The van der Waals surface area contributed by atoms with Crippen molar-refractivity contribution in [1.29, 1.82) is 0 Å². The average molecular weight is 407 g/mol. The monoisotopic (exact) mass is 406 g/mol. The maximum atomic E-state index is 12.6. The molecule has 6 nitrogen and oxygen atoms in total. The van der Waals surface area contributed by atoms with Gasteiger partial charge in [0.2, 0.25) is 0 Å². The van der Waals surface area contributed by atoms with Gasteiger partial charge < -0.3 is 4.74 Å². The van der Waals surface area contributed by atoms with E-state index in [1.807, 2.05) is 0 Å². The summed E-state index contributed by atoms with van der Waals surface area (Å²) in [5.41, 5.74) is -1.26. The Hall–Kier alpha value is -2.33. The molecule has 26 heavy (non-hydrogen) atoms. The third-order valence-corrected chi connectivity index (χ3v) is 4.28. The van der Waals surface area contributed by atoms with E-state index in [2.05, 4.69) is 4.98 Å². The van der Waals surface area contributed by atoms with Gasteiger partial charge in [-0.2, -0.15) is 13.2 Å². The van der Waals surface area contributed by atoms with Crippen LogP contribution in [0.4, 0.5) is 18.9 Å². The van der Waals surface area contributed by atoms with E-state index in [1.165, 1.54) is 12.3 Å². The van der Waals surface area contributed by atoms with E-state index in [4.69, 9.17) is 16.3 Å². The fourth-order valence-corrected chi connectivity index (χ4v) is 2.71. The fourth-order valence-electron chi connectivity index (χ4n) is 1.79. The fraction of sp³-hybridized carbons (Fsp3) is 0.200. The SMILES string of the molecule is O=C(CSc1ccc(C(F)(F)F)cc1[N+](=O)[O-])OCc1ccc(Cl)nc1. The van der Waals surface area contributed by atoms with Gasteiger partial charge in [-0.1, -0.05) is 17.7 Å². The smallest absolute Gasteiger partial charge is 0.416 e. The van der Waals surface area contributed by atoms with Gasteiger partial charge in [0.05, 0.1) is 21.1 Å². The number of halogens is 4. The zero-order valence-electron chi connectivity index (χ0n) is 12.8. The van der Waals surface area contributed by atoms with Crippen LogP contribution in [0.5, 0.6) is 0 Å². The van der Waals surface area contributed by atoms with E-state index in [0.29, 0.717) is 11.6 Å². The molecule has 0 saturated heterocycles. The van der Waals surface area contributed by atoms with Crippen molar-refractivity contribution < 1.29 is 27.6 Å². The summed E-state index contributed by atoms with van der Waals surface area (Å²) in [5, 5.41) is 11.3. The quantitative estimate of drug-likeness (QED) is 0.231. The summed E-state index contributed by atoms with van der Waals surface area (Å²) in [5.74, 6) is -0.980. The Morgan fingerprint density at radius 1 is 1.31 bits per heavy atom. The average Bonchev–Trinajstić information content (AvgIpc) is 2.58. The number of nitrogens with zero attached hydrogens (tertiary/aromatic N) is 2. The first-order valence-corrected chi connectivity index (χ1v) is 8.27. The molecule has 2 rings (SSSR count). The Morgan fingerprint density at radius 2 is 2.04 bits per heavy atom. The number of aromatic nitrogens is 1. The molecule has 0 N–H and O–H groups in total. The number of benzene rings is 1. The zero-order valence-corrected chi connectivity index (χ0v) is 14.4. The number of pyridine rings is 1. The third-order valence-electron chi connectivity index (χ3n) is 3.02. The molecule has 0 atom stereocenters. The number of nitro benzene ring substituents is 1. The van der Waals surface area contributed by atoms with Crippen molar-refractivity contribution in [2.75, 3.05) is 5.75 Å². The van der Waals surface area contributed by atoms with Gasteiger partial charge in [-0.15, -0.1) is 11.8 Å². The molecule has 0 radical (unpaired) electrons. The second kappa shape index (κ2) is 8.37. The van der Waals surface area contributed by atoms with Gasteiger partial charge in [-0.05, 0) is 18.2 Å². The van der Waals surface area contributed by atoms with Crippen LogP contribution in [-0.4, -0.2) is 21.6 Å². The van der Waals surface area contributed by atoms with E-state index < -0.39 is 28.3 Å². The number of ether oxygens (including phenoxy) is 1. The zero-order chi connectivity index (χ0) is 19.3. The highest BCUT2D eigenvalue weighted by atomic mass is 35.5. The number of carbonyl (C=O) groups is 1. The number of nitro groups is 1. The molecule has 0 saturated carbocycles. The molecule has 2 aromatic rings. The van der Waals surface area contributed by atoms with Gasteiger partial charge in [0.25, 0.3) is 5.69 Å². The summed E-state index contributed by atoms with van der Waals surface area (Å²) < 4.78 is 42.9. The van der Waals surface area contributed by atoms with Gasteiger partial charge in [-0.25, -0.2) is 4.98 Å². The normalized spacial score (nSPS) is 11.2. The minimum atomic E-state index is -4.69. The molecular weight excluding hydrogens is 397 g/mol. The van der Waals surface area contributed by atoms with Crippen LogP contribution < -0.4 is 0 Å². The second-order valence-corrected chi connectivity index (χ2v) is 6.28. The van der Waals surface area contributed by atoms with Crippen LogP contribution in [-0.2, 0) is 22.3 Å². The predicted octanol–water partition coefficient (Wildman–Crippen LogP) is 4.50. The molecule has 0 spiro atoms. The van der Waals surface area contributed by atoms with Crippen molar-refractivity contribution in [2.45, 2.75) is 17.7 Å². The van der Waals surface area contributed by atoms with Gasteiger partial charge in [0, 0.05) is 17.8 Å². The topological polar surface area (TPSA) is 82.3 Å². The molecule has 0 aliphatic carbocycles. The van der Waals surface area contributed by atoms with Crippen LogP contribution in [0.2, 0.25) is 5.15 Å². The highest BCUT2D eigenvalue weighted by Gasteiger charge is 2.33. The van der Waals surface area contributed by atoms with Crippen molar-refractivity contribution in [3.05, 3.63) is 62.9 Å². The molecule has 0 aliphatic rings. The van der Waals surface area contributed by atoms with Crippen LogP contribution in [0.3, 0.4) is 0 Å². The first-order chi connectivity index (χ1) is 12.2. The van der Waals surface area contributed by atoms with Gasteiger partial charge in [0.15, 0.2) is 0 Å². The third kappa shape index (κ3) is 5.60. The molecular formula is C15H10ClF3N2O4S. The van der Waals surface area contributed by atoms with E-state index >= 15 is 0 Å². The Kier molecular flexibility index (Phi) is 6.43. The summed E-state index contributed by atoms with van der Waals surface area (Å²) in [6, 6.07) is 5.25. The number of hydrogen-bond acceptors (Lipinski definition) is 6. The number of hydrogen-bond donors (Lipinski definition) is 0. The van der Waals surface area contributed by atoms with Gasteiger partial charge in [0.1, 0.15) is 11.8 Å². The molecule has 1 heterocycles. The number of carbonyl (C=O) groups excluding carboxylic acids is 1. The predicted molar refractivity (Wildman–Crippen MR) is 87.9 cm³/mol. The Balaban J connectivity index is 1.98. The summed E-state index contributed by atoms with van der Waals surface area (Å²) in [7, 11) is 0. The lowest BCUT2D eigenvalue weighted by Gasteiger charge is -2.09. The molecule has 0 unspecified atom stereocenters. The van der Waals surface area contributed by atoms with Crippen molar-refractivity contribution in [3.63, 3.8) is 0 Å². The number of thioether (sulfide) groups is 1. The van der Waals surface area contributed by atoms with Crippen LogP contribution >= 0.6 is 23.4 Å². The van der Waals surface area contributed by atoms with E-state index in [0.717, 1.165) is 23.9 Å². The van der Waals surface area contributed by atoms with Gasteiger partial charge >= 0.3 is 12.1 Å². The Bertz CT molecular complexity index is 816. The van der Waals surface area contributed by atoms with E-state index in [9.17, 15) is 28.1 Å². The van der Waals surface area contributed by atoms with Crippen molar-refractivity contribution in [1.82, 2.24) is 4.98 Å². The Labute approximate surface area is 154 Å². The van der Waals surface area contributed by atoms with Crippen LogP contribution in [0, 0.1) is 10.1 Å². The molecule has 0 amide bonds. The van der Waals surface area contributed by atoms with E-state index in [-0.39, 0.29) is 22.4 Å². The molecule has 1 aromatic heterocycles.